The number of nitrogens with one attached hydrogen (secondary N) is 1. The molecule has 30 heavy (non-hydrogen) atoms. The van der Waals surface area contributed by atoms with Crippen LogP contribution in [0, 0.1) is 13.8 Å². The van der Waals surface area contributed by atoms with Gasteiger partial charge in [-0.2, -0.15) is 0 Å². The maximum absolute atomic E-state index is 11.7. The Morgan fingerprint density at radius 3 is 2.77 bits per heavy atom. The van der Waals surface area contributed by atoms with E-state index in [1.807, 2.05) is 18.2 Å². The lowest BCUT2D eigenvalue weighted by Gasteiger charge is -2.20. The van der Waals surface area contributed by atoms with Crippen LogP contribution in [0.15, 0.2) is 46.8 Å². The molecule has 2 heterocycles. The van der Waals surface area contributed by atoms with Gasteiger partial charge in [0, 0.05) is 18.1 Å². The molecule has 0 saturated heterocycles. The molecule has 1 aliphatic rings. The summed E-state index contributed by atoms with van der Waals surface area (Å²) < 4.78 is 13.1. The first kappa shape index (κ1) is 20.4. The smallest absolute Gasteiger partial charge is 0.262 e. The van der Waals surface area contributed by atoms with Crippen molar-refractivity contribution in [3.63, 3.8) is 0 Å². The maximum atomic E-state index is 11.7. The van der Waals surface area contributed by atoms with Gasteiger partial charge < -0.3 is 19.4 Å². The summed E-state index contributed by atoms with van der Waals surface area (Å²) in [6.07, 6.45) is 0. The third-order valence-electron chi connectivity index (χ3n) is 5.15. The van der Waals surface area contributed by atoms with Gasteiger partial charge in [0.05, 0.1) is 29.7 Å². The monoisotopic (exact) mass is 423 g/mol. The molecular formula is C23H25N3O3S. The Kier molecular flexibility index (Phi) is 5.74. The van der Waals surface area contributed by atoms with Crippen LogP contribution in [0.2, 0.25) is 0 Å². The van der Waals surface area contributed by atoms with E-state index in [2.05, 4.69) is 54.2 Å². The molecule has 0 bridgehead atoms. The number of fused-ring (bicyclic) bond motifs is 1. The Morgan fingerprint density at radius 2 is 2.03 bits per heavy atom. The SMILES string of the molecule is COCC(C)n1c(-c2ccc3c(c2)NC(=O)CO3)csc1=Nc1c(C)cccc1C. The molecular weight excluding hydrogens is 398 g/mol. The van der Waals surface area contributed by atoms with E-state index in [0.717, 1.165) is 32.9 Å². The Hall–Kier alpha value is -2.90. The summed E-state index contributed by atoms with van der Waals surface area (Å²) in [5, 5.41) is 4.99. The zero-order chi connectivity index (χ0) is 21.3. The van der Waals surface area contributed by atoms with Crippen molar-refractivity contribution in [1.82, 2.24) is 4.57 Å². The molecule has 0 aliphatic carbocycles. The van der Waals surface area contributed by atoms with Gasteiger partial charge in [-0.05, 0) is 50.1 Å². The summed E-state index contributed by atoms with van der Waals surface area (Å²) in [6.45, 7) is 6.89. The first-order valence-electron chi connectivity index (χ1n) is 9.85. The number of hydrogen-bond acceptors (Lipinski definition) is 5. The van der Waals surface area contributed by atoms with Gasteiger partial charge in [-0.1, -0.05) is 18.2 Å². The molecule has 156 valence electrons. The number of aromatic nitrogens is 1. The lowest BCUT2D eigenvalue weighted by atomic mass is 10.1. The molecule has 1 N–H and O–H groups in total. The second-order valence-corrected chi connectivity index (χ2v) is 8.31. The summed E-state index contributed by atoms with van der Waals surface area (Å²) >= 11 is 1.60. The minimum absolute atomic E-state index is 0.0501. The third kappa shape index (κ3) is 3.91. The predicted molar refractivity (Wildman–Crippen MR) is 120 cm³/mol. The van der Waals surface area contributed by atoms with Gasteiger partial charge in [0.25, 0.3) is 5.91 Å². The van der Waals surface area contributed by atoms with Gasteiger partial charge in [-0.15, -0.1) is 11.3 Å². The fraction of sp³-hybridized carbons (Fsp3) is 0.304. The number of nitrogens with zero attached hydrogens (tertiary/aromatic N) is 2. The molecule has 3 aromatic rings. The van der Waals surface area contributed by atoms with E-state index < -0.39 is 0 Å². The van der Waals surface area contributed by atoms with Crippen molar-refractivity contribution in [3.8, 4) is 17.0 Å². The van der Waals surface area contributed by atoms with Crippen molar-refractivity contribution in [3.05, 3.63) is 57.7 Å². The van der Waals surface area contributed by atoms with Crippen LogP contribution in [-0.4, -0.2) is 30.8 Å². The van der Waals surface area contributed by atoms with Crippen molar-refractivity contribution in [2.24, 2.45) is 4.99 Å². The summed E-state index contributed by atoms with van der Waals surface area (Å²) in [4.78, 5) is 17.7. The highest BCUT2D eigenvalue weighted by molar-refractivity contribution is 7.07. The highest BCUT2D eigenvalue weighted by atomic mass is 32.1. The lowest BCUT2D eigenvalue weighted by Crippen LogP contribution is -2.25. The van der Waals surface area contributed by atoms with Crippen molar-refractivity contribution in [2.45, 2.75) is 26.8 Å². The number of carbonyl (C=O) groups is 1. The molecule has 1 unspecified atom stereocenters. The van der Waals surface area contributed by atoms with Crippen molar-refractivity contribution in [2.75, 3.05) is 25.6 Å². The van der Waals surface area contributed by atoms with Crippen LogP contribution in [0.3, 0.4) is 0 Å². The van der Waals surface area contributed by atoms with Gasteiger partial charge in [-0.25, -0.2) is 4.99 Å². The highest BCUT2D eigenvalue weighted by Crippen LogP contribution is 2.34. The number of hydrogen-bond donors (Lipinski definition) is 1. The fourth-order valence-electron chi connectivity index (χ4n) is 3.67. The summed E-state index contributed by atoms with van der Waals surface area (Å²) in [5.74, 6) is 0.543. The van der Waals surface area contributed by atoms with Gasteiger partial charge in [-0.3, -0.25) is 4.79 Å². The average Bonchev–Trinajstić information content (AvgIpc) is 3.14. The predicted octanol–water partition coefficient (Wildman–Crippen LogP) is 4.60. The molecule has 0 spiro atoms. The van der Waals surface area contributed by atoms with Crippen LogP contribution < -0.4 is 14.9 Å². The second-order valence-electron chi connectivity index (χ2n) is 7.48. The first-order valence-corrected chi connectivity index (χ1v) is 10.7. The molecule has 2 aromatic carbocycles. The van der Waals surface area contributed by atoms with Crippen LogP contribution >= 0.6 is 11.3 Å². The van der Waals surface area contributed by atoms with E-state index in [4.69, 9.17) is 14.5 Å². The minimum Gasteiger partial charge on any atom is -0.482 e. The minimum atomic E-state index is -0.142. The highest BCUT2D eigenvalue weighted by Gasteiger charge is 2.19. The Morgan fingerprint density at radius 1 is 1.27 bits per heavy atom. The number of thiazole rings is 1. The third-order valence-corrected chi connectivity index (χ3v) is 5.99. The lowest BCUT2D eigenvalue weighted by molar-refractivity contribution is -0.118. The number of ether oxygens (including phenoxy) is 2. The molecule has 1 aliphatic heterocycles. The topological polar surface area (TPSA) is 64.8 Å². The number of carbonyl (C=O) groups excluding carboxylic acids is 1. The largest absolute Gasteiger partial charge is 0.482 e. The average molecular weight is 424 g/mol. The summed E-state index contributed by atoms with van der Waals surface area (Å²) in [7, 11) is 1.71. The number of rotatable bonds is 5. The van der Waals surface area contributed by atoms with E-state index in [1.165, 1.54) is 0 Å². The molecule has 1 atom stereocenters. The first-order chi connectivity index (χ1) is 14.5. The Labute approximate surface area is 179 Å². The van der Waals surface area contributed by atoms with Gasteiger partial charge in [0.1, 0.15) is 5.75 Å². The normalized spacial score (nSPS) is 14.8. The molecule has 4 rings (SSSR count). The zero-order valence-electron chi connectivity index (χ0n) is 17.6. The van der Waals surface area contributed by atoms with Crippen LogP contribution in [0.5, 0.6) is 5.75 Å². The standard InChI is InChI=1S/C23H25N3O3S/c1-14-6-5-7-15(2)22(14)25-23-26(16(3)11-28-4)19(13-30-23)17-8-9-20-18(10-17)24-21(27)12-29-20/h5-10,13,16H,11-12H2,1-4H3,(H,24,27). The maximum Gasteiger partial charge on any atom is 0.262 e. The fourth-order valence-corrected chi connectivity index (χ4v) is 4.68. The molecule has 0 radical (unpaired) electrons. The summed E-state index contributed by atoms with van der Waals surface area (Å²) in [5.41, 5.74) is 5.98. The van der Waals surface area contributed by atoms with Crippen molar-refractivity contribution in [1.29, 1.82) is 0 Å². The molecule has 7 heteroatoms. The Balaban J connectivity index is 1.87. The number of anilines is 1. The quantitative estimate of drug-likeness (QED) is 0.652. The molecule has 1 aromatic heterocycles. The van der Waals surface area contributed by atoms with Gasteiger partial charge in [0.15, 0.2) is 11.4 Å². The number of para-hydroxylation sites is 1. The van der Waals surface area contributed by atoms with E-state index in [0.29, 0.717) is 18.0 Å². The van der Waals surface area contributed by atoms with E-state index in [9.17, 15) is 4.79 Å². The number of aryl methyl sites for hydroxylation is 2. The van der Waals surface area contributed by atoms with E-state index >= 15 is 0 Å². The number of benzene rings is 2. The second kappa shape index (κ2) is 8.45. The number of amides is 1. The molecule has 6 nitrogen and oxygen atoms in total. The van der Waals surface area contributed by atoms with Gasteiger partial charge >= 0.3 is 0 Å². The van der Waals surface area contributed by atoms with Crippen LogP contribution in [-0.2, 0) is 9.53 Å². The Bertz CT molecular complexity index is 1140. The van der Waals surface area contributed by atoms with E-state index in [1.54, 1.807) is 18.4 Å². The van der Waals surface area contributed by atoms with Crippen molar-refractivity contribution < 1.29 is 14.3 Å². The molecule has 0 fully saturated rings. The number of methoxy groups -OCH3 is 1. The van der Waals surface area contributed by atoms with Crippen LogP contribution in [0.25, 0.3) is 11.3 Å². The van der Waals surface area contributed by atoms with E-state index in [-0.39, 0.29) is 18.6 Å². The molecule has 0 saturated carbocycles. The zero-order valence-corrected chi connectivity index (χ0v) is 18.4. The van der Waals surface area contributed by atoms with Crippen molar-refractivity contribution >= 4 is 28.6 Å². The van der Waals surface area contributed by atoms with Gasteiger partial charge in [0.2, 0.25) is 0 Å². The van der Waals surface area contributed by atoms with Crippen LogP contribution in [0.1, 0.15) is 24.1 Å². The van der Waals surface area contributed by atoms with Crippen LogP contribution in [0.4, 0.5) is 11.4 Å². The summed E-state index contributed by atoms with van der Waals surface area (Å²) in [6, 6.07) is 12.2. The molecule has 1 amide bonds.